The number of nitro benzene ring substituents is 3. The van der Waals surface area contributed by atoms with Crippen LogP contribution < -0.4 is 4.74 Å². The number of hydrogen-bond donors (Lipinski definition) is 0. The molecule has 12 heteroatoms. The summed E-state index contributed by atoms with van der Waals surface area (Å²) in [6.07, 6.45) is 0. The Balaban J connectivity index is 2.53. The highest BCUT2D eigenvalue weighted by atomic mass is 35.5. The van der Waals surface area contributed by atoms with Crippen molar-refractivity contribution >= 4 is 40.3 Å². The third-order valence-corrected chi connectivity index (χ3v) is 3.45. The van der Waals surface area contributed by atoms with E-state index in [0.717, 1.165) is 18.2 Å². The molecule has 0 aliphatic rings. The predicted octanol–water partition coefficient (Wildman–Crippen LogP) is 4.51. The lowest BCUT2D eigenvalue weighted by Crippen LogP contribution is -1.97. The first kappa shape index (κ1) is 17.4. The van der Waals surface area contributed by atoms with Crippen LogP contribution in [0.15, 0.2) is 30.3 Å². The molecule has 0 N–H and O–H groups in total. The minimum absolute atomic E-state index is 0.240. The standard InChI is InChI=1S/C12H5Cl2N3O7/c13-7-2-4-10(11(14)12(7)17(22)23)24-9-3-1-6(15(18)19)5-8(9)16(20)21/h1-5H. The van der Waals surface area contributed by atoms with Crippen LogP contribution in [0.3, 0.4) is 0 Å². The van der Waals surface area contributed by atoms with Crippen molar-refractivity contribution in [3.05, 3.63) is 70.7 Å². The fourth-order valence-corrected chi connectivity index (χ4v) is 2.28. The molecule has 0 bridgehead atoms. The number of benzene rings is 2. The molecule has 0 saturated carbocycles. The summed E-state index contributed by atoms with van der Waals surface area (Å²) < 4.78 is 5.22. The lowest BCUT2D eigenvalue weighted by atomic mass is 10.2. The van der Waals surface area contributed by atoms with Crippen molar-refractivity contribution < 1.29 is 19.5 Å². The van der Waals surface area contributed by atoms with Crippen molar-refractivity contribution in [3.8, 4) is 11.5 Å². The molecule has 0 fully saturated rings. The van der Waals surface area contributed by atoms with Crippen LogP contribution in [0.4, 0.5) is 17.1 Å². The van der Waals surface area contributed by atoms with Crippen LogP contribution in [-0.4, -0.2) is 14.8 Å². The normalized spacial score (nSPS) is 10.2. The van der Waals surface area contributed by atoms with Gasteiger partial charge in [-0.2, -0.15) is 0 Å². The molecule has 124 valence electrons. The van der Waals surface area contributed by atoms with Gasteiger partial charge < -0.3 is 4.74 Å². The summed E-state index contributed by atoms with van der Waals surface area (Å²) in [4.78, 5) is 30.1. The zero-order chi connectivity index (χ0) is 18.0. The average Bonchev–Trinajstić information content (AvgIpc) is 2.49. The number of rotatable bonds is 5. The summed E-state index contributed by atoms with van der Waals surface area (Å²) in [5, 5.41) is 32.0. The maximum absolute atomic E-state index is 11.0. The minimum Gasteiger partial charge on any atom is -0.448 e. The minimum atomic E-state index is -0.888. The molecule has 0 radical (unpaired) electrons. The first-order chi connectivity index (χ1) is 11.2. The summed E-state index contributed by atoms with van der Waals surface area (Å²) in [6, 6.07) is 5.00. The molecular formula is C12H5Cl2N3O7. The molecule has 0 spiro atoms. The van der Waals surface area contributed by atoms with Crippen molar-refractivity contribution in [2.24, 2.45) is 0 Å². The Morgan fingerprint density at radius 2 is 1.46 bits per heavy atom. The molecule has 2 aromatic carbocycles. The second-order valence-corrected chi connectivity index (χ2v) is 5.02. The van der Waals surface area contributed by atoms with E-state index in [1.54, 1.807) is 0 Å². The zero-order valence-corrected chi connectivity index (χ0v) is 12.9. The number of ether oxygens (including phenoxy) is 1. The van der Waals surface area contributed by atoms with Gasteiger partial charge in [-0.3, -0.25) is 30.3 Å². The van der Waals surface area contributed by atoms with Crippen LogP contribution in [0.25, 0.3) is 0 Å². The Bertz CT molecular complexity index is 872. The predicted molar refractivity (Wildman–Crippen MR) is 82.9 cm³/mol. The van der Waals surface area contributed by atoms with Crippen molar-refractivity contribution in [2.75, 3.05) is 0 Å². The maximum atomic E-state index is 11.0. The zero-order valence-electron chi connectivity index (χ0n) is 11.3. The molecule has 24 heavy (non-hydrogen) atoms. The van der Waals surface area contributed by atoms with Crippen LogP contribution in [0.5, 0.6) is 11.5 Å². The molecule has 0 unspecified atom stereocenters. The SMILES string of the molecule is O=[N+]([O-])c1ccc(Oc2ccc(Cl)c([N+](=O)[O-])c2Cl)c([N+](=O)[O-])c1. The molecule has 0 aliphatic heterocycles. The first-order valence-electron chi connectivity index (χ1n) is 5.95. The Kier molecular flexibility index (Phi) is 4.81. The van der Waals surface area contributed by atoms with Gasteiger partial charge in [0.1, 0.15) is 5.02 Å². The second kappa shape index (κ2) is 6.64. The van der Waals surface area contributed by atoms with Gasteiger partial charge in [0.2, 0.25) is 5.75 Å². The van der Waals surface area contributed by atoms with E-state index in [1.807, 2.05) is 0 Å². The lowest BCUT2D eigenvalue weighted by molar-refractivity contribution is -0.394. The third-order valence-electron chi connectivity index (χ3n) is 2.78. The van der Waals surface area contributed by atoms with E-state index in [9.17, 15) is 30.3 Å². The van der Waals surface area contributed by atoms with E-state index in [2.05, 4.69) is 0 Å². The quantitative estimate of drug-likeness (QED) is 0.554. The number of nitrogens with zero attached hydrogens (tertiary/aromatic N) is 3. The molecule has 0 aromatic heterocycles. The lowest BCUT2D eigenvalue weighted by Gasteiger charge is -2.08. The van der Waals surface area contributed by atoms with Gasteiger partial charge in [0.05, 0.1) is 20.8 Å². The van der Waals surface area contributed by atoms with Crippen LogP contribution in [0, 0.1) is 30.3 Å². The van der Waals surface area contributed by atoms with Gasteiger partial charge in [-0.25, -0.2) is 0 Å². The molecule has 2 aromatic rings. The van der Waals surface area contributed by atoms with Gasteiger partial charge in [-0.15, -0.1) is 0 Å². The largest absolute Gasteiger partial charge is 0.448 e. The molecule has 10 nitrogen and oxygen atoms in total. The Morgan fingerprint density at radius 3 is 2.00 bits per heavy atom. The van der Waals surface area contributed by atoms with E-state index in [0.29, 0.717) is 6.07 Å². The molecule has 0 aliphatic carbocycles. The smallest absolute Gasteiger partial charge is 0.318 e. The summed E-state index contributed by atoms with van der Waals surface area (Å²) in [7, 11) is 0. The van der Waals surface area contributed by atoms with Gasteiger partial charge in [-0.05, 0) is 18.2 Å². The Labute approximate surface area is 142 Å². The molecule has 0 atom stereocenters. The van der Waals surface area contributed by atoms with E-state index in [1.165, 1.54) is 6.07 Å². The van der Waals surface area contributed by atoms with Gasteiger partial charge in [-0.1, -0.05) is 23.2 Å². The van der Waals surface area contributed by atoms with Crippen molar-refractivity contribution in [3.63, 3.8) is 0 Å². The van der Waals surface area contributed by atoms with Crippen molar-refractivity contribution in [1.82, 2.24) is 0 Å². The van der Waals surface area contributed by atoms with E-state index in [4.69, 9.17) is 27.9 Å². The topological polar surface area (TPSA) is 139 Å². The summed E-state index contributed by atoms with van der Waals surface area (Å²) in [5.74, 6) is -0.631. The van der Waals surface area contributed by atoms with Crippen LogP contribution >= 0.6 is 23.2 Å². The third kappa shape index (κ3) is 3.34. The van der Waals surface area contributed by atoms with Crippen molar-refractivity contribution in [2.45, 2.75) is 0 Å². The number of nitro groups is 3. The first-order valence-corrected chi connectivity index (χ1v) is 6.71. The van der Waals surface area contributed by atoms with Crippen LogP contribution in [-0.2, 0) is 0 Å². The highest BCUT2D eigenvalue weighted by Crippen LogP contribution is 2.43. The molecular weight excluding hydrogens is 369 g/mol. The van der Waals surface area contributed by atoms with E-state index >= 15 is 0 Å². The van der Waals surface area contributed by atoms with Gasteiger partial charge in [0, 0.05) is 6.07 Å². The second-order valence-electron chi connectivity index (χ2n) is 4.23. The summed E-state index contributed by atoms with van der Waals surface area (Å²) >= 11 is 11.5. The number of non-ortho nitro benzene ring substituents is 1. The molecule has 0 heterocycles. The van der Waals surface area contributed by atoms with Gasteiger partial charge in [0.25, 0.3) is 5.69 Å². The van der Waals surface area contributed by atoms with Crippen LogP contribution in [0.1, 0.15) is 0 Å². The number of halogens is 2. The molecule has 0 saturated heterocycles. The molecule has 2 rings (SSSR count). The van der Waals surface area contributed by atoms with E-state index < -0.39 is 36.9 Å². The van der Waals surface area contributed by atoms with Crippen molar-refractivity contribution in [1.29, 1.82) is 0 Å². The monoisotopic (exact) mass is 373 g/mol. The van der Waals surface area contributed by atoms with Crippen LogP contribution in [0.2, 0.25) is 10.0 Å². The Hall–Kier alpha value is -2.98. The highest BCUT2D eigenvalue weighted by molar-refractivity contribution is 6.39. The number of hydrogen-bond acceptors (Lipinski definition) is 7. The van der Waals surface area contributed by atoms with Gasteiger partial charge in [0.15, 0.2) is 10.8 Å². The maximum Gasteiger partial charge on any atom is 0.318 e. The summed E-state index contributed by atoms with van der Waals surface area (Å²) in [6.45, 7) is 0. The average molecular weight is 374 g/mol. The molecule has 0 amide bonds. The summed E-state index contributed by atoms with van der Waals surface area (Å²) in [5.41, 5.74) is -1.83. The Morgan fingerprint density at radius 1 is 0.833 bits per heavy atom. The fourth-order valence-electron chi connectivity index (χ4n) is 1.74. The highest BCUT2D eigenvalue weighted by Gasteiger charge is 2.25. The van der Waals surface area contributed by atoms with Gasteiger partial charge >= 0.3 is 11.4 Å². The van der Waals surface area contributed by atoms with E-state index in [-0.39, 0.29) is 16.5 Å². The fraction of sp³-hybridized carbons (Fsp3) is 0.